The first-order chi connectivity index (χ1) is 10.0. The van der Waals surface area contributed by atoms with Gasteiger partial charge in [-0.3, -0.25) is 0 Å². The zero-order valence-electron chi connectivity index (χ0n) is 10.9. The highest BCUT2D eigenvalue weighted by molar-refractivity contribution is 7.91. The third-order valence-electron chi connectivity index (χ3n) is 2.66. The number of pyridine rings is 1. The number of sulfone groups is 1. The molecule has 21 heavy (non-hydrogen) atoms. The first kappa shape index (κ1) is 14.9. The number of aromatic nitrogens is 1. The molecular weight excluding hydrogens is 295 g/mol. The minimum absolute atomic E-state index is 0.0387. The first-order valence-corrected chi connectivity index (χ1v) is 7.64. The molecule has 0 N–H and O–H groups in total. The maximum Gasteiger partial charge on any atom is 0.255 e. The lowest BCUT2D eigenvalue weighted by molar-refractivity contribution is 0.317. The fourth-order valence-electron chi connectivity index (χ4n) is 1.62. The van der Waals surface area contributed by atoms with E-state index in [0.29, 0.717) is 0 Å². The topological polar surface area (TPSA) is 80.0 Å². The van der Waals surface area contributed by atoms with Crippen LogP contribution in [0, 0.1) is 17.3 Å². The standard InChI is InChI=1S/C14H11FN2O3S/c15-14-13(5-2-6-17-14)20-7-8-21(18,19)12-4-1-3-11(9-12)10-16/h1-6,9H,7-8H2. The number of nitriles is 1. The van der Waals surface area contributed by atoms with Gasteiger partial charge < -0.3 is 4.74 Å². The SMILES string of the molecule is N#Cc1cccc(S(=O)(=O)CCOc2cccnc2F)c1. The second-order valence-electron chi connectivity index (χ2n) is 4.10. The van der Waals surface area contributed by atoms with Crippen molar-refractivity contribution in [2.75, 3.05) is 12.4 Å². The van der Waals surface area contributed by atoms with Gasteiger partial charge in [0, 0.05) is 6.20 Å². The minimum Gasteiger partial charge on any atom is -0.488 e. The van der Waals surface area contributed by atoms with Gasteiger partial charge in [-0.15, -0.1) is 0 Å². The Hall–Kier alpha value is -2.46. The van der Waals surface area contributed by atoms with Gasteiger partial charge in [0.1, 0.15) is 6.61 Å². The van der Waals surface area contributed by atoms with Gasteiger partial charge in [-0.1, -0.05) is 6.07 Å². The van der Waals surface area contributed by atoms with Crippen LogP contribution in [0.3, 0.4) is 0 Å². The Morgan fingerprint density at radius 1 is 1.29 bits per heavy atom. The zero-order chi connectivity index (χ0) is 15.3. The van der Waals surface area contributed by atoms with E-state index in [2.05, 4.69) is 4.98 Å². The van der Waals surface area contributed by atoms with E-state index >= 15 is 0 Å². The molecule has 2 rings (SSSR count). The Labute approximate surface area is 121 Å². The highest BCUT2D eigenvalue weighted by Gasteiger charge is 2.15. The summed E-state index contributed by atoms with van der Waals surface area (Å²) in [6.45, 7) is -0.207. The van der Waals surface area contributed by atoms with Crippen molar-refractivity contribution in [3.05, 3.63) is 54.1 Å². The number of hydrogen-bond acceptors (Lipinski definition) is 5. The van der Waals surface area contributed by atoms with Gasteiger partial charge in [-0.05, 0) is 30.3 Å². The van der Waals surface area contributed by atoms with Gasteiger partial charge in [0.2, 0.25) is 0 Å². The maximum atomic E-state index is 13.2. The van der Waals surface area contributed by atoms with Crippen molar-refractivity contribution in [3.8, 4) is 11.8 Å². The van der Waals surface area contributed by atoms with Crippen LogP contribution in [0.15, 0.2) is 47.5 Å². The minimum atomic E-state index is -3.59. The lowest BCUT2D eigenvalue weighted by Gasteiger charge is -2.07. The first-order valence-electron chi connectivity index (χ1n) is 5.99. The smallest absolute Gasteiger partial charge is 0.255 e. The summed E-state index contributed by atoms with van der Waals surface area (Å²) in [4.78, 5) is 3.44. The highest BCUT2D eigenvalue weighted by atomic mass is 32.2. The van der Waals surface area contributed by atoms with Crippen molar-refractivity contribution < 1.29 is 17.5 Å². The molecule has 0 spiro atoms. The summed E-state index contributed by atoms with van der Waals surface area (Å²) in [6, 6.07) is 10.4. The average Bonchev–Trinajstić information content (AvgIpc) is 2.49. The Balaban J connectivity index is 2.05. The number of hydrogen-bond donors (Lipinski definition) is 0. The molecule has 0 radical (unpaired) electrons. The molecule has 108 valence electrons. The predicted octanol–water partition coefficient (Wildman–Crippen LogP) is 1.95. The second kappa shape index (κ2) is 6.33. The molecule has 0 unspecified atom stereocenters. The van der Waals surface area contributed by atoms with Crippen LogP contribution in [0.5, 0.6) is 5.75 Å². The fourth-order valence-corrected chi connectivity index (χ4v) is 2.75. The van der Waals surface area contributed by atoms with Gasteiger partial charge in [0.05, 0.1) is 22.3 Å². The van der Waals surface area contributed by atoms with Gasteiger partial charge in [0.25, 0.3) is 5.95 Å². The number of halogens is 1. The molecule has 0 aliphatic rings. The molecule has 1 heterocycles. The second-order valence-corrected chi connectivity index (χ2v) is 6.21. The normalized spacial score (nSPS) is 10.9. The summed E-state index contributed by atoms with van der Waals surface area (Å²) in [5.74, 6) is -1.21. The summed E-state index contributed by atoms with van der Waals surface area (Å²) < 4.78 is 42.4. The van der Waals surface area contributed by atoms with Crippen LogP contribution >= 0.6 is 0 Å². The van der Waals surface area contributed by atoms with Crippen LogP contribution in [0.4, 0.5) is 4.39 Å². The van der Waals surface area contributed by atoms with E-state index in [1.807, 2.05) is 6.07 Å². The molecule has 0 fully saturated rings. The lowest BCUT2D eigenvalue weighted by Crippen LogP contribution is -2.15. The average molecular weight is 306 g/mol. The molecule has 0 saturated heterocycles. The largest absolute Gasteiger partial charge is 0.488 e. The van der Waals surface area contributed by atoms with Crippen LogP contribution in [-0.4, -0.2) is 25.8 Å². The molecular formula is C14H11FN2O3S. The molecule has 2 aromatic rings. The summed E-state index contributed by atoms with van der Waals surface area (Å²) in [5, 5.41) is 8.76. The Kier molecular flexibility index (Phi) is 4.50. The van der Waals surface area contributed by atoms with Crippen LogP contribution in [-0.2, 0) is 9.84 Å². The quantitative estimate of drug-likeness (QED) is 0.789. The Morgan fingerprint density at radius 2 is 2.10 bits per heavy atom. The molecule has 1 aromatic heterocycles. The van der Waals surface area contributed by atoms with Crippen molar-refractivity contribution >= 4 is 9.84 Å². The van der Waals surface area contributed by atoms with Crippen LogP contribution in [0.1, 0.15) is 5.56 Å². The molecule has 7 heteroatoms. The number of ether oxygens (including phenoxy) is 1. The van der Waals surface area contributed by atoms with E-state index in [1.165, 1.54) is 42.6 Å². The van der Waals surface area contributed by atoms with E-state index in [-0.39, 0.29) is 28.6 Å². The van der Waals surface area contributed by atoms with Crippen LogP contribution in [0.2, 0.25) is 0 Å². The highest BCUT2D eigenvalue weighted by Crippen LogP contribution is 2.15. The third kappa shape index (κ3) is 3.77. The Bertz CT molecular complexity index is 785. The van der Waals surface area contributed by atoms with Crippen LogP contribution in [0.25, 0.3) is 0 Å². The van der Waals surface area contributed by atoms with Crippen LogP contribution < -0.4 is 4.74 Å². The van der Waals surface area contributed by atoms with E-state index in [4.69, 9.17) is 10.00 Å². The van der Waals surface area contributed by atoms with Crippen molar-refractivity contribution in [1.82, 2.24) is 4.98 Å². The number of benzene rings is 1. The maximum absolute atomic E-state index is 13.2. The number of nitrogens with zero attached hydrogens (tertiary/aromatic N) is 2. The molecule has 0 bridgehead atoms. The van der Waals surface area contributed by atoms with Gasteiger partial charge >= 0.3 is 0 Å². The molecule has 0 aliphatic heterocycles. The van der Waals surface area contributed by atoms with Gasteiger partial charge in [-0.2, -0.15) is 9.65 Å². The van der Waals surface area contributed by atoms with Gasteiger partial charge in [0.15, 0.2) is 15.6 Å². The zero-order valence-corrected chi connectivity index (χ0v) is 11.7. The lowest BCUT2D eigenvalue weighted by atomic mass is 10.2. The monoisotopic (exact) mass is 306 g/mol. The molecule has 0 amide bonds. The summed E-state index contributed by atoms with van der Waals surface area (Å²) >= 11 is 0. The Morgan fingerprint density at radius 3 is 2.81 bits per heavy atom. The summed E-state index contributed by atoms with van der Waals surface area (Å²) in [7, 11) is -3.59. The number of rotatable bonds is 5. The van der Waals surface area contributed by atoms with Crippen molar-refractivity contribution in [2.24, 2.45) is 0 Å². The molecule has 0 saturated carbocycles. The van der Waals surface area contributed by atoms with Crippen molar-refractivity contribution in [1.29, 1.82) is 5.26 Å². The summed E-state index contributed by atoms with van der Waals surface area (Å²) in [6.07, 6.45) is 1.27. The molecule has 1 aromatic carbocycles. The van der Waals surface area contributed by atoms with Gasteiger partial charge in [-0.25, -0.2) is 13.4 Å². The van der Waals surface area contributed by atoms with Crippen molar-refractivity contribution in [3.63, 3.8) is 0 Å². The summed E-state index contributed by atoms with van der Waals surface area (Å²) in [5.41, 5.74) is 0.260. The van der Waals surface area contributed by atoms with Crippen molar-refractivity contribution in [2.45, 2.75) is 4.90 Å². The third-order valence-corrected chi connectivity index (χ3v) is 4.33. The molecule has 0 aliphatic carbocycles. The predicted molar refractivity (Wildman–Crippen MR) is 72.9 cm³/mol. The van der Waals surface area contributed by atoms with E-state index < -0.39 is 15.8 Å². The van der Waals surface area contributed by atoms with E-state index in [9.17, 15) is 12.8 Å². The molecule has 0 atom stereocenters. The fraction of sp³-hybridized carbons (Fsp3) is 0.143. The molecule has 5 nitrogen and oxygen atoms in total. The van der Waals surface area contributed by atoms with E-state index in [0.717, 1.165) is 0 Å². The van der Waals surface area contributed by atoms with E-state index in [1.54, 1.807) is 0 Å².